The smallest absolute Gasteiger partial charge is 0.408 e. The van der Waals surface area contributed by atoms with Crippen molar-refractivity contribution in [3.63, 3.8) is 0 Å². The summed E-state index contributed by atoms with van der Waals surface area (Å²) in [4.78, 5) is 50.5. The van der Waals surface area contributed by atoms with Gasteiger partial charge in [-0.25, -0.2) is 14.5 Å². The van der Waals surface area contributed by atoms with Crippen LogP contribution in [0.3, 0.4) is 0 Å². The van der Waals surface area contributed by atoms with Crippen molar-refractivity contribution in [1.82, 2.24) is 10.2 Å². The lowest BCUT2D eigenvalue weighted by Gasteiger charge is -2.23. The molecule has 8 heteroatoms. The molecule has 1 heterocycles. The molecule has 2 aromatic carbocycles. The molecule has 0 aliphatic carbocycles. The van der Waals surface area contributed by atoms with Gasteiger partial charge in [0.05, 0.1) is 11.1 Å². The minimum absolute atomic E-state index is 0.0595. The van der Waals surface area contributed by atoms with Gasteiger partial charge < -0.3 is 14.8 Å². The lowest BCUT2D eigenvalue weighted by atomic mass is 9.99. The van der Waals surface area contributed by atoms with Gasteiger partial charge in [-0.1, -0.05) is 62.7 Å². The molecule has 162 valence electrons. The highest BCUT2D eigenvalue weighted by molar-refractivity contribution is 6.21. The van der Waals surface area contributed by atoms with Crippen LogP contribution in [0.5, 0.6) is 0 Å². The number of carbonyl (C=O) groups excluding carboxylic acids is 4. The molecule has 3 amide bonds. The van der Waals surface area contributed by atoms with Gasteiger partial charge >= 0.3 is 12.1 Å². The van der Waals surface area contributed by atoms with E-state index in [1.165, 1.54) is 0 Å². The van der Waals surface area contributed by atoms with Crippen molar-refractivity contribution in [2.45, 2.75) is 32.9 Å². The van der Waals surface area contributed by atoms with Crippen molar-refractivity contribution in [3.05, 3.63) is 71.3 Å². The standard InChI is InChI=1S/C23H24N2O6/c1-3-15(2)19(24-23(29)30-13-16-9-5-4-6-10-16)22(28)31-14-25-20(26)17-11-7-8-12-18(17)21(25)27/h4-12,15,19H,3,13-14H2,1-2H3,(H,24,29)/t15-,19-/m1/s1. The second kappa shape index (κ2) is 9.88. The number of carbonyl (C=O) groups is 4. The molecule has 0 spiro atoms. The van der Waals surface area contributed by atoms with Gasteiger partial charge in [0.2, 0.25) is 0 Å². The van der Waals surface area contributed by atoms with Gasteiger partial charge in [0.1, 0.15) is 12.6 Å². The van der Waals surface area contributed by atoms with Crippen molar-refractivity contribution in [3.8, 4) is 0 Å². The van der Waals surface area contributed by atoms with Crippen LogP contribution in [0.25, 0.3) is 0 Å². The van der Waals surface area contributed by atoms with E-state index in [2.05, 4.69) is 5.32 Å². The Labute approximate surface area is 180 Å². The number of ether oxygens (including phenoxy) is 2. The number of amides is 3. The second-order valence-corrected chi connectivity index (χ2v) is 7.25. The average Bonchev–Trinajstić information content (AvgIpc) is 3.04. The Hall–Kier alpha value is -3.68. The number of benzene rings is 2. The zero-order valence-electron chi connectivity index (χ0n) is 17.4. The first-order valence-electron chi connectivity index (χ1n) is 10.0. The summed E-state index contributed by atoms with van der Waals surface area (Å²) in [7, 11) is 0. The molecule has 0 saturated heterocycles. The number of imide groups is 1. The van der Waals surface area contributed by atoms with E-state index in [0.29, 0.717) is 6.42 Å². The Kier molecular flexibility index (Phi) is 7.02. The molecule has 0 aromatic heterocycles. The van der Waals surface area contributed by atoms with Crippen molar-refractivity contribution in [1.29, 1.82) is 0 Å². The third-order valence-corrected chi connectivity index (χ3v) is 5.17. The molecule has 0 bridgehead atoms. The number of esters is 1. The Balaban J connectivity index is 1.58. The Morgan fingerprint density at radius 1 is 0.935 bits per heavy atom. The number of nitrogens with one attached hydrogen (secondary N) is 1. The van der Waals surface area contributed by atoms with Crippen LogP contribution in [0.2, 0.25) is 0 Å². The first-order valence-corrected chi connectivity index (χ1v) is 10.0. The highest BCUT2D eigenvalue weighted by Gasteiger charge is 2.37. The summed E-state index contributed by atoms with van der Waals surface area (Å²) in [6.07, 6.45) is -0.169. The summed E-state index contributed by atoms with van der Waals surface area (Å²) >= 11 is 0. The van der Waals surface area contributed by atoms with E-state index in [1.807, 2.05) is 37.3 Å². The highest BCUT2D eigenvalue weighted by Crippen LogP contribution is 2.22. The molecule has 1 aliphatic heterocycles. The van der Waals surface area contributed by atoms with E-state index in [4.69, 9.17) is 9.47 Å². The number of alkyl carbamates (subject to hydrolysis) is 1. The van der Waals surface area contributed by atoms with Crippen LogP contribution in [0.4, 0.5) is 4.79 Å². The summed E-state index contributed by atoms with van der Waals surface area (Å²) < 4.78 is 10.4. The van der Waals surface area contributed by atoms with Crippen LogP contribution in [0, 0.1) is 5.92 Å². The van der Waals surface area contributed by atoms with Crippen molar-refractivity contribution in [2.24, 2.45) is 5.92 Å². The SMILES string of the molecule is CC[C@@H](C)[C@@H](NC(=O)OCc1ccccc1)C(=O)OCN1C(=O)c2ccccc2C1=O. The molecule has 1 N–H and O–H groups in total. The molecule has 0 saturated carbocycles. The molecule has 1 aliphatic rings. The Morgan fingerprint density at radius 2 is 1.52 bits per heavy atom. The molecule has 2 aromatic rings. The lowest BCUT2D eigenvalue weighted by molar-refractivity contribution is -0.150. The predicted octanol–water partition coefficient (Wildman–Crippen LogP) is 3.12. The van der Waals surface area contributed by atoms with E-state index >= 15 is 0 Å². The van der Waals surface area contributed by atoms with Gasteiger partial charge in [0.25, 0.3) is 11.8 Å². The third kappa shape index (κ3) is 5.09. The maximum Gasteiger partial charge on any atom is 0.408 e. The monoisotopic (exact) mass is 424 g/mol. The first kappa shape index (κ1) is 22.0. The van der Waals surface area contributed by atoms with Gasteiger partial charge in [-0.2, -0.15) is 0 Å². The van der Waals surface area contributed by atoms with E-state index in [1.54, 1.807) is 31.2 Å². The van der Waals surface area contributed by atoms with Gasteiger partial charge in [0, 0.05) is 0 Å². The maximum atomic E-state index is 12.7. The Bertz CT molecular complexity index is 940. The topological polar surface area (TPSA) is 102 Å². The number of fused-ring (bicyclic) bond motifs is 1. The molecule has 2 atom stereocenters. The quantitative estimate of drug-likeness (QED) is 0.516. The first-order chi connectivity index (χ1) is 14.9. The number of hydrogen-bond donors (Lipinski definition) is 1. The van der Waals surface area contributed by atoms with Crippen molar-refractivity contribution in [2.75, 3.05) is 6.73 Å². The number of rotatable bonds is 8. The van der Waals surface area contributed by atoms with Gasteiger partial charge in [0.15, 0.2) is 6.73 Å². The van der Waals surface area contributed by atoms with Crippen LogP contribution in [-0.2, 0) is 20.9 Å². The highest BCUT2D eigenvalue weighted by atomic mass is 16.6. The summed E-state index contributed by atoms with van der Waals surface area (Å²) in [6, 6.07) is 14.6. The molecule has 31 heavy (non-hydrogen) atoms. The fraction of sp³-hybridized carbons (Fsp3) is 0.304. The summed E-state index contributed by atoms with van der Waals surface area (Å²) in [5, 5.41) is 2.53. The molecule has 0 fully saturated rings. The summed E-state index contributed by atoms with van der Waals surface area (Å²) in [5.74, 6) is -2.05. The molecule has 3 rings (SSSR count). The van der Waals surface area contributed by atoms with Crippen molar-refractivity contribution < 1.29 is 28.7 Å². The van der Waals surface area contributed by atoms with E-state index in [0.717, 1.165) is 10.5 Å². The van der Waals surface area contributed by atoms with Crippen LogP contribution in [0.15, 0.2) is 54.6 Å². The molecular formula is C23H24N2O6. The zero-order valence-corrected chi connectivity index (χ0v) is 17.4. The van der Waals surface area contributed by atoms with Gasteiger partial charge in [-0.05, 0) is 23.6 Å². The summed E-state index contributed by atoms with van der Waals surface area (Å²) in [5.41, 5.74) is 1.35. The van der Waals surface area contributed by atoms with Crippen molar-refractivity contribution >= 4 is 23.9 Å². The molecule has 0 radical (unpaired) electrons. The van der Waals surface area contributed by atoms with Gasteiger partial charge in [-0.15, -0.1) is 0 Å². The molecule has 8 nitrogen and oxygen atoms in total. The average molecular weight is 424 g/mol. The minimum atomic E-state index is -0.983. The Morgan fingerprint density at radius 3 is 2.10 bits per heavy atom. The second-order valence-electron chi connectivity index (χ2n) is 7.25. The third-order valence-electron chi connectivity index (χ3n) is 5.17. The predicted molar refractivity (Wildman–Crippen MR) is 111 cm³/mol. The number of hydrogen-bond acceptors (Lipinski definition) is 6. The largest absolute Gasteiger partial charge is 0.445 e. The zero-order chi connectivity index (χ0) is 22.4. The van der Waals surface area contributed by atoms with Crippen LogP contribution < -0.4 is 5.32 Å². The lowest BCUT2D eigenvalue weighted by Crippen LogP contribution is -2.47. The van der Waals surface area contributed by atoms with E-state index in [-0.39, 0.29) is 23.7 Å². The fourth-order valence-corrected chi connectivity index (χ4v) is 3.14. The molecular weight excluding hydrogens is 400 g/mol. The number of nitrogens with zero attached hydrogens (tertiary/aromatic N) is 1. The van der Waals surface area contributed by atoms with Crippen LogP contribution >= 0.6 is 0 Å². The normalized spacial score (nSPS) is 14.6. The molecule has 0 unspecified atom stereocenters. The van der Waals surface area contributed by atoms with E-state index in [9.17, 15) is 19.2 Å². The van der Waals surface area contributed by atoms with Crippen LogP contribution in [-0.4, -0.2) is 41.5 Å². The maximum absolute atomic E-state index is 12.7. The van der Waals surface area contributed by atoms with E-state index < -0.39 is 36.6 Å². The fourth-order valence-electron chi connectivity index (χ4n) is 3.14. The van der Waals surface area contributed by atoms with Crippen LogP contribution in [0.1, 0.15) is 46.5 Å². The minimum Gasteiger partial charge on any atom is -0.445 e. The summed E-state index contributed by atoms with van der Waals surface area (Å²) in [6.45, 7) is 3.18. The van der Waals surface area contributed by atoms with Gasteiger partial charge in [-0.3, -0.25) is 9.59 Å².